The lowest BCUT2D eigenvalue weighted by molar-refractivity contribution is -0.143. The van der Waals surface area contributed by atoms with Gasteiger partial charge < -0.3 is 15.5 Å². The fraction of sp³-hybridized carbons (Fsp3) is 0.583. The van der Waals surface area contributed by atoms with Gasteiger partial charge in [0.1, 0.15) is 0 Å². The largest absolute Gasteiger partial charge is 0.481 e. The molecule has 0 aliphatic carbocycles. The maximum atomic E-state index is 12.0. The highest BCUT2D eigenvalue weighted by Gasteiger charge is 2.25. The second-order valence-corrected chi connectivity index (χ2v) is 10.6. The first-order chi connectivity index (χ1) is 19.2. The minimum Gasteiger partial charge on any atom is -0.481 e. The average Bonchev–Trinajstić information content (AvgIpc) is 2.96. The predicted molar refractivity (Wildman–Crippen MR) is 176 cm³/mol. The molecule has 2 rings (SSSR count). The predicted octanol–water partition coefficient (Wildman–Crippen LogP) is 9.17. The van der Waals surface area contributed by atoms with Crippen LogP contribution in [-0.4, -0.2) is 34.6 Å². The summed E-state index contributed by atoms with van der Waals surface area (Å²) in [6.45, 7) is 10.7. The van der Waals surface area contributed by atoms with Gasteiger partial charge in [-0.15, -0.1) is 0 Å². The third kappa shape index (κ3) is 14.7. The van der Waals surface area contributed by atoms with E-state index in [1.807, 2.05) is 57.2 Å². The molecule has 0 spiro atoms. The quantitative estimate of drug-likeness (QED) is 0.172. The lowest BCUT2D eigenvalue weighted by atomic mass is 9.83. The van der Waals surface area contributed by atoms with Crippen LogP contribution in [0, 0.1) is 17.8 Å². The van der Waals surface area contributed by atoms with Crippen molar-refractivity contribution in [3.8, 4) is 0 Å². The molecule has 1 amide bonds. The van der Waals surface area contributed by atoms with Gasteiger partial charge in [0.2, 0.25) is 5.91 Å². The molecule has 0 bridgehead atoms. The summed E-state index contributed by atoms with van der Waals surface area (Å²) in [4.78, 5) is 34.7. The Labute approximate surface area is 256 Å². The van der Waals surface area contributed by atoms with E-state index in [2.05, 4.69) is 43.4 Å². The minimum absolute atomic E-state index is 0. The number of aliphatic carboxylic acids is 2. The molecule has 5 atom stereocenters. The Morgan fingerprint density at radius 2 is 0.976 bits per heavy atom. The maximum Gasteiger partial charge on any atom is 0.306 e. The number of rotatable bonds is 17. The highest BCUT2D eigenvalue weighted by atomic mass is 16.4. The van der Waals surface area contributed by atoms with Crippen LogP contribution in [-0.2, 0) is 14.4 Å². The summed E-state index contributed by atoms with van der Waals surface area (Å²) in [6, 6.07) is 20.3. The topological polar surface area (TPSA) is 104 Å². The van der Waals surface area contributed by atoms with Crippen LogP contribution >= 0.6 is 0 Å². The number of carbonyl (C=O) groups is 3. The molecule has 0 saturated heterocycles. The highest BCUT2D eigenvalue weighted by molar-refractivity contribution is 5.78. The van der Waals surface area contributed by atoms with E-state index < -0.39 is 17.9 Å². The lowest BCUT2D eigenvalue weighted by Crippen LogP contribution is -2.31. The summed E-state index contributed by atoms with van der Waals surface area (Å²) in [6.07, 6.45) is 5.91. The zero-order valence-electron chi connectivity index (χ0n) is 25.1. The summed E-state index contributed by atoms with van der Waals surface area (Å²) in [5, 5.41) is 21.5. The second-order valence-electron chi connectivity index (χ2n) is 10.6. The van der Waals surface area contributed by atoms with Crippen molar-refractivity contribution in [1.29, 1.82) is 0 Å². The normalized spacial score (nSPS) is 13.8. The number of carboxylic acids is 2. The third-order valence-corrected chi connectivity index (χ3v) is 7.94. The van der Waals surface area contributed by atoms with Gasteiger partial charge in [0.15, 0.2) is 0 Å². The van der Waals surface area contributed by atoms with Crippen LogP contribution in [0.1, 0.15) is 124 Å². The van der Waals surface area contributed by atoms with Crippen molar-refractivity contribution in [1.82, 2.24) is 5.32 Å². The molecule has 5 unspecified atom stereocenters. The second kappa shape index (κ2) is 23.4. The smallest absolute Gasteiger partial charge is 0.306 e. The van der Waals surface area contributed by atoms with E-state index >= 15 is 0 Å². The maximum absolute atomic E-state index is 12.0. The summed E-state index contributed by atoms with van der Waals surface area (Å²) in [7, 11) is 0. The number of carboxylic acid groups (broad SMARTS) is 2. The van der Waals surface area contributed by atoms with Gasteiger partial charge in [0, 0.05) is 12.5 Å². The Morgan fingerprint density at radius 3 is 1.31 bits per heavy atom. The Balaban J connectivity index is 0. The number of carbonyl (C=O) groups excluding carboxylic acids is 1. The lowest BCUT2D eigenvalue weighted by Gasteiger charge is -2.22. The van der Waals surface area contributed by atoms with Crippen molar-refractivity contribution >= 4 is 17.8 Å². The van der Waals surface area contributed by atoms with E-state index in [0.29, 0.717) is 38.1 Å². The molecule has 6 nitrogen and oxygen atoms in total. The van der Waals surface area contributed by atoms with Crippen molar-refractivity contribution in [2.24, 2.45) is 17.8 Å². The van der Waals surface area contributed by atoms with Crippen LogP contribution in [0.2, 0.25) is 0 Å². The zero-order valence-corrected chi connectivity index (χ0v) is 25.1. The van der Waals surface area contributed by atoms with Crippen LogP contribution in [0.3, 0.4) is 0 Å². The molecule has 42 heavy (non-hydrogen) atoms. The fourth-order valence-electron chi connectivity index (χ4n) is 5.24. The van der Waals surface area contributed by atoms with Crippen molar-refractivity contribution in [2.75, 3.05) is 6.54 Å². The van der Waals surface area contributed by atoms with Crippen LogP contribution in [0.15, 0.2) is 60.7 Å². The van der Waals surface area contributed by atoms with Gasteiger partial charge in [-0.1, -0.05) is 103 Å². The molecule has 6 heteroatoms. The molecule has 0 radical (unpaired) electrons. The summed E-state index contributed by atoms with van der Waals surface area (Å²) in [5.74, 6) is -1.49. The summed E-state index contributed by atoms with van der Waals surface area (Å²) < 4.78 is 0. The molecular weight excluding hydrogens is 526 g/mol. The fourth-order valence-corrected chi connectivity index (χ4v) is 5.24. The van der Waals surface area contributed by atoms with E-state index in [4.69, 9.17) is 5.11 Å². The number of hydrogen-bond acceptors (Lipinski definition) is 3. The molecule has 0 aliphatic rings. The summed E-state index contributed by atoms with van der Waals surface area (Å²) >= 11 is 0. The van der Waals surface area contributed by atoms with E-state index in [1.54, 1.807) is 0 Å². The van der Waals surface area contributed by atoms with E-state index in [-0.39, 0.29) is 38.5 Å². The van der Waals surface area contributed by atoms with Crippen molar-refractivity contribution < 1.29 is 24.6 Å². The van der Waals surface area contributed by atoms with Gasteiger partial charge in [0.25, 0.3) is 0 Å². The van der Waals surface area contributed by atoms with Crippen molar-refractivity contribution in [3.63, 3.8) is 0 Å². The minimum atomic E-state index is -0.755. The van der Waals surface area contributed by atoms with Gasteiger partial charge >= 0.3 is 11.9 Å². The highest BCUT2D eigenvalue weighted by Crippen LogP contribution is 2.31. The van der Waals surface area contributed by atoms with Crippen LogP contribution in [0.4, 0.5) is 0 Å². The zero-order chi connectivity index (χ0) is 29.9. The number of benzene rings is 2. The standard InChI is InChI=1S/C20H31NO3.C14H20O2.2CH4/c1-4-15(19(22)21-6-3)12-13-18(20(23)24)14-16(5-2)17-10-8-7-9-11-17;1-3-11(10-12(4-2)14(15)16)13-8-6-5-7-9-13;;/h7-11,15-16,18H,4-6,12-14H2,1-3H3,(H,21,22)(H,23,24);5-9,11-12H,3-4,10H2,1-2H3,(H,15,16);2*1H4. The molecular formula is C36H59NO5. The molecule has 0 saturated carbocycles. The molecule has 3 N–H and O–H groups in total. The molecule has 238 valence electrons. The van der Waals surface area contributed by atoms with Crippen molar-refractivity contribution in [3.05, 3.63) is 71.8 Å². The molecule has 0 fully saturated rings. The van der Waals surface area contributed by atoms with Crippen LogP contribution < -0.4 is 5.32 Å². The van der Waals surface area contributed by atoms with Gasteiger partial charge in [-0.2, -0.15) is 0 Å². The third-order valence-electron chi connectivity index (χ3n) is 7.94. The van der Waals surface area contributed by atoms with E-state index in [0.717, 1.165) is 25.7 Å². The monoisotopic (exact) mass is 585 g/mol. The average molecular weight is 586 g/mol. The van der Waals surface area contributed by atoms with Gasteiger partial charge in [-0.3, -0.25) is 14.4 Å². The Hall–Kier alpha value is -3.15. The van der Waals surface area contributed by atoms with Crippen LogP contribution in [0.5, 0.6) is 0 Å². The molecule has 2 aromatic rings. The Morgan fingerprint density at radius 1 is 0.595 bits per heavy atom. The van der Waals surface area contributed by atoms with E-state index in [9.17, 15) is 19.5 Å². The summed E-state index contributed by atoms with van der Waals surface area (Å²) in [5.41, 5.74) is 2.45. The Kier molecular flexibility index (Phi) is 22.9. The first-order valence-corrected chi connectivity index (χ1v) is 15.0. The van der Waals surface area contributed by atoms with Gasteiger partial charge in [-0.05, 0) is 81.3 Å². The molecule has 0 aromatic heterocycles. The first kappa shape index (κ1) is 41.0. The SMILES string of the molecule is C.C.CCC(CC(CC)c1ccccc1)C(=O)O.CCNC(=O)C(CC)CCC(CC(CC)c1ccccc1)C(=O)O. The Bertz CT molecular complexity index is 979. The molecule has 0 heterocycles. The molecule has 0 aliphatic heterocycles. The number of nitrogens with one attached hydrogen (secondary N) is 1. The van der Waals surface area contributed by atoms with Crippen LogP contribution in [0.25, 0.3) is 0 Å². The number of amides is 1. The van der Waals surface area contributed by atoms with E-state index in [1.165, 1.54) is 11.1 Å². The van der Waals surface area contributed by atoms with Gasteiger partial charge in [-0.25, -0.2) is 0 Å². The van der Waals surface area contributed by atoms with Crippen molar-refractivity contribution in [2.45, 2.75) is 113 Å². The number of hydrogen-bond donors (Lipinski definition) is 3. The first-order valence-electron chi connectivity index (χ1n) is 15.0. The molecule has 2 aromatic carbocycles. The van der Waals surface area contributed by atoms with Gasteiger partial charge in [0.05, 0.1) is 11.8 Å².